The van der Waals surface area contributed by atoms with E-state index in [1.165, 1.54) is 50.7 Å². The summed E-state index contributed by atoms with van der Waals surface area (Å²) in [6, 6.07) is 0. The van der Waals surface area contributed by atoms with Gasteiger partial charge in [0.1, 0.15) is 12.4 Å². The highest BCUT2D eigenvalue weighted by Crippen LogP contribution is 2.67. The van der Waals surface area contributed by atoms with Gasteiger partial charge >= 0.3 is 0 Å². The molecule has 1 aromatic heterocycles. The summed E-state index contributed by atoms with van der Waals surface area (Å²) in [5.41, 5.74) is 7.95. The van der Waals surface area contributed by atoms with Gasteiger partial charge in [0.25, 0.3) is 0 Å². The van der Waals surface area contributed by atoms with Crippen LogP contribution in [0.4, 0.5) is 0 Å². The summed E-state index contributed by atoms with van der Waals surface area (Å²) < 4.78 is 5.54. The fourth-order valence-electron chi connectivity index (χ4n) is 8.25. The van der Waals surface area contributed by atoms with Crippen LogP contribution in [0, 0.1) is 40.4 Å². The molecule has 5 rings (SSSR count). The highest BCUT2D eigenvalue weighted by atomic mass is 16.6. The van der Waals surface area contributed by atoms with Crippen LogP contribution in [0.15, 0.2) is 15.8 Å². The van der Waals surface area contributed by atoms with Crippen molar-refractivity contribution in [3.05, 3.63) is 17.8 Å². The second-order valence-electron chi connectivity index (χ2n) is 11.5. The molecule has 0 amide bonds. The third-order valence-corrected chi connectivity index (χ3v) is 10.4. The Morgan fingerprint density at radius 1 is 1.13 bits per heavy atom. The van der Waals surface area contributed by atoms with Crippen molar-refractivity contribution in [3.63, 3.8) is 0 Å². The van der Waals surface area contributed by atoms with Crippen molar-refractivity contribution in [2.45, 2.75) is 91.5 Å². The molecule has 0 aromatic carbocycles. The lowest BCUT2D eigenvalue weighted by molar-refractivity contribution is -0.0994. The molecule has 1 heterocycles. The predicted molar refractivity (Wildman–Crippen MR) is 122 cm³/mol. The zero-order valence-electron chi connectivity index (χ0n) is 19.7. The molecule has 0 radical (unpaired) electrons. The summed E-state index contributed by atoms with van der Waals surface area (Å²) in [6.07, 6.45) is 14.7. The summed E-state index contributed by atoms with van der Waals surface area (Å²) in [7, 11) is 0. The molecule has 0 bridgehead atoms. The molecule has 5 heteroatoms. The summed E-state index contributed by atoms with van der Waals surface area (Å²) in [5.74, 6) is 5.99. The van der Waals surface area contributed by atoms with E-state index < -0.39 is 0 Å². The molecule has 5 nitrogen and oxygen atoms in total. The van der Waals surface area contributed by atoms with Gasteiger partial charge in [-0.2, -0.15) is 0 Å². The summed E-state index contributed by atoms with van der Waals surface area (Å²) in [5, 5.41) is 4.56. The number of fused-ring (bicyclic) bond motifs is 5. The van der Waals surface area contributed by atoms with E-state index in [1.54, 1.807) is 6.20 Å². The molecule has 4 fully saturated rings. The first-order chi connectivity index (χ1) is 14.9. The number of rotatable bonds is 5. The van der Waals surface area contributed by atoms with Crippen LogP contribution < -0.4 is 5.73 Å². The lowest BCUT2D eigenvalue weighted by Crippen LogP contribution is -2.53. The molecule has 0 aliphatic heterocycles. The maximum absolute atomic E-state index is 5.69. The highest BCUT2D eigenvalue weighted by Gasteiger charge is 2.59. The molecule has 172 valence electrons. The van der Waals surface area contributed by atoms with Crippen LogP contribution in [0.1, 0.15) is 90.2 Å². The standard InChI is InChI=1S/C26H41N3O2/c1-17-4-7-22-21-6-5-18-14-19(29-30-13-10-20-16-28-24(15-27)31-20)8-11-26(18,3)23(21)9-12-25(17,22)2/h16-18,21-23H,4-15,27H2,1-3H3/t17-,18?,21?,22?,23?,25+,26-/m0/s1. The number of aromatic nitrogens is 1. The maximum Gasteiger partial charge on any atom is 0.208 e. The van der Waals surface area contributed by atoms with Gasteiger partial charge < -0.3 is 15.0 Å². The Hall–Kier alpha value is -1.36. The lowest BCUT2D eigenvalue weighted by Gasteiger charge is -2.60. The van der Waals surface area contributed by atoms with Gasteiger partial charge in [0, 0.05) is 6.42 Å². The lowest BCUT2D eigenvalue weighted by atomic mass is 9.45. The van der Waals surface area contributed by atoms with Gasteiger partial charge in [0.15, 0.2) is 0 Å². The SMILES string of the molecule is C[C@H]1CCC2C3CCC4CC(=NOCCc5cnc(CN)o5)CC[C@]4(C)C3CC[C@@]21C. The first-order valence-electron chi connectivity index (χ1n) is 12.8. The third kappa shape index (κ3) is 3.65. The Kier molecular flexibility index (Phi) is 5.69. The van der Waals surface area contributed by atoms with Gasteiger partial charge in [0.05, 0.1) is 18.5 Å². The van der Waals surface area contributed by atoms with Gasteiger partial charge in [-0.15, -0.1) is 0 Å². The smallest absolute Gasteiger partial charge is 0.208 e. The number of hydrogen-bond donors (Lipinski definition) is 1. The monoisotopic (exact) mass is 427 g/mol. The van der Waals surface area contributed by atoms with Crippen LogP contribution in [0.25, 0.3) is 0 Å². The third-order valence-electron chi connectivity index (χ3n) is 10.4. The van der Waals surface area contributed by atoms with Gasteiger partial charge in [-0.1, -0.05) is 25.9 Å². The van der Waals surface area contributed by atoms with Crippen LogP contribution in [0.3, 0.4) is 0 Å². The van der Waals surface area contributed by atoms with Crippen molar-refractivity contribution in [1.82, 2.24) is 4.98 Å². The zero-order chi connectivity index (χ0) is 21.6. The van der Waals surface area contributed by atoms with Gasteiger partial charge in [-0.25, -0.2) is 4.98 Å². The minimum absolute atomic E-state index is 0.337. The second kappa shape index (κ2) is 8.20. The summed E-state index contributed by atoms with van der Waals surface area (Å²) in [4.78, 5) is 9.82. The molecule has 4 unspecified atom stereocenters. The van der Waals surface area contributed by atoms with E-state index in [0.29, 0.717) is 36.3 Å². The summed E-state index contributed by atoms with van der Waals surface area (Å²) >= 11 is 0. The molecule has 4 aliphatic rings. The predicted octanol–water partition coefficient (Wildman–Crippen LogP) is 5.73. The number of oxime groups is 1. The Morgan fingerprint density at radius 3 is 2.77 bits per heavy atom. The van der Waals surface area contributed by atoms with Gasteiger partial charge in [-0.3, -0.25) is 0 Å². The van der Waals surface area contributed by atoms with Crippen molar-refractivity contribution in [3.8, 4) is 0 Å². The van der Waals surface area contributed by atoms with E-state index in [4.69, 9.17) is 15.0 Å². The number of oxazole rings is 1. The number of nitrogens with two attached hydrogens (primary N) is 1. The largest absolute Gasteiger partial charge is 0.444 e. The highest BCUT2D eigenvalue weighted by molar-refractivity contribution is 5.85. The molecular formula is C26H41N3O2. The second-order valence-corrected chi connectivity index (χ2v) is 11.5. The van der Waals surface area contributed by atoms with Crippen molar-refractivity contribution in [2.24, 2.45) is 51.3 Å². The minimum atomic E-state index is 0.337. The molecule has 31 heavy (non-hydrogen) atoms. The van der Waals surface area contributed by atoms with E-state index in [0.717, 1.165) is 48.2 Å². The van der Waals surface area contributed by atoms with E-state index >= 15 is 0 Å². The molecular weight excluding hydrogens is 386 g/mol. The summed E-state index contributed by atoms with van der Waals surface area (Å²) in [6.45, 7) is 8.65. The molecule has 4 saturated carbocycles. The van der Waals surface area contributed by atoms with Crippen molar-refractivity contribution >= 4 is 5.71 Å². The Balaban J connectivity index is 1.19. The van der Waals surface area contributed by atoms with Gasteiger partial charge in [0.2, 0.25) is 5.89 Å². The van der Waals surface area contributed by atoms with Crippen LogP contribution in [0.5, 0.6) is 0 Å². The molecule has 2 N–H and O–H groups in total. The average Bonchev–Trinajstić information content (AvgIpc) is 3.35. The molecule has 7 atom stereocenters. The number of hydrogen-bond acceptors (Lipinski definition) is 5. The van der Waals surface area contributed by atoms with Gasteiger partial charge in [-0.05, 0) is 98.2 Å². The Bertz CT molecular complexity index is 819. The average molecular weight is 428 g/mol. The van der Waals surface area contributed by atoms with Crippen molar-refractivity contribution in [2.75, 3.05) is 6.61 Å². The van der Waals surface area contributed by atoms with Crippen LogP contribution in [-0.2, 0) is 17.8 Å². The molecule has 1 aromatic rings. The first kappa shape index (κ1) is 21.5. The Morgan fingerprint density at radius 2 is 1.97 bits per heavy atom. The van der Waals surface area contributed by atoms with E-state index in [1.807, 2.05) is 0 Å². The molecule has 0 saturated heterocycles. The van der Waals surface area contributed by atoms with Crippen molar-refractivity contribution < 1.29 is 9.25 Å². The quantitative estimate of drug-likeness (QED) is 0.481. The molecule has 0 spiro atoms. The van der Waals surface area contributed by atoms with E-state index in [9.17, 15) is 0 Å². The topological polar surface area (TPSA) is 73.6 Å². The van der Waals surface area contributed by atoms with Crippen LogP contribution in [0.2, 0.25) is 0 Å². The maximum atomic E-state index is 5.69. The normalized spacial score (nSPS) is 43.4. The first-order valence-corrected chi connectivity index (χ1v) is 12.8. The molecule has 4 aliphatic carbocycles. The van der Waals surface area contributed by atoms with E-state index in [-0.39, 0.29) is 0 Å². The number of nitrogens with zero attached hydrogens (tertiary/aromatic N) is 2. The minimum Gasteiger partial charge on any atom is -0.444 e. The Labute approximate surface area is 187 Å². The van der Waals surface area contributed by atoms with Crippen LogP contribution in [-0.4, -0.2) is 17.3 Å². The van der Waals surface area contributed by atoms with Crippen LogP contribution >= 0.6 is 0 Å². The van der Waals surface area contributed by atoms with E-state index in [2.05, 4.69) is 30.9 Å². The fourth-order valence-corrected chi connectivity index (χ4v) is 8.25. The fraction of sp³-hybridized carbons (Fsp3) is 0.846. The van der Waals surface area contributed by atoms with Crippen molar-refractivity contribution in [1.29, 1.82) is 0 Å². The zero-order valence-corrected chi connectivity index (χ0v) is 19.7.